The van der Waals surface area contributed by atoms with Gasteiger partial charge in [0.15, 0.2) is 11.6 Å². The number of hydrogen-bond acceptors (Lipinski definition) is 6. The van der Waals surface area contributed by atoms with Crippen LogP contribution in [0.4, 0.5) is 0 Å². The minimum absolute atomic E-state index is 0.0756. The summed E-state index contributed by atoms with van der Waals surface area (Å²) in [5, 5.41) is 12.2. The summed E-state index contributed by atoms with van der Waals surface area (Å²) < 4.78 is 18.5. The molecule has 2 atom stereocenters. The lowest BCUT2D eigenvalue weighted by atomic mass is 9.82. The first-order valence-corrected chi connectivity index (χ1v) is 15.1. The molecule has 43 heavy (non-hydrogen) atoms. The lowest BCUT2D eigenvalue weighted by Crippen LogP contribution is -2.50. The highest BCUT2D eigenvalue weighted by atomic mass is 79.9. The smallest absolute Gasteiger partial charge is 0.252 e. The van der Waals surface area contributed by atoms with Gasteiger partial charge in [0.05, 0.1) is 13.7 Å². The van der Waals surface area contributed by atoms with Gasteiger partial charge >= 0.3 is 0 Å². The van der Waals surface area contributed by atoms with E-state index < -0.39 is 11.6 Å². The van der Waals surface area contributed by atoms with Gasteiger partial charge in [-0.15, -0.1) is 0 Å². The number of nitrogens with zero attached hydrogens (tertiary/aromatic N) is 1. The van der Waals surface area contributed by atoms with Gasteiger partial charge in [-0.05, 0) is 71.6 Å². The Morgan fingerprint density at radius 1 is 0.930 bits per heavy atom. The molecule has 222 valence electrons. The number of carbonyl (C=O) groups is 1. The predicted molar refractivity (Wildman–Crippen MR) is 171 cm³/mol. The number of aliphatic hydroxyl groups is 1. The summed E-state index contributed by atoms with van der Waals surface area (Å²) in [4.78, 5) is 19.4. The largest absolute Gasteiger partial charge is 0.497 e. The second-order valence-electron chi connectivity index (χ2n) is 10.4. The summed E-state index contributed by atoms with van der Waals surface area (Å²) in [5.74, 6) is 1.68. The van der Waals surface area contributed by atoms with E-state index in [4.69, 9.17) is 24.3 Å². The van der Waals surface area contributed by atoms with E-state index in [0.717, 1.165) is 32.5 Å². The van der Waals surface area contributed by atoms with Crippen molar-refractivity contribution in [2.75, 3.05) is 26.9 Å². The zero-order chi connectivity index (χ0) is 30.1. The third-order valence-electron chi connectivity index (χ3n) is 7.38. The molecule has 0 fully saturated rings. The van der Waals surface area contributed by atoms with Crippen molar-refractivity contribution < 1.29 is 24.1 Å². The van der Waals surface area contributed by atoms with Crippen LogP contribution in [0, 0.1) is 0 Å². The van der Waals surface area contributed by atoms with E-state index in [9.17, 15) is 4.79 Å². The van der Waals surface area contributed by atoms with Crippen molar-refractivity contribution in [3.05, 3.63) is 130 Å². The van der Waals surface area contributed by atoms with Crippen LogP contribution in [0.1, 0.15) is 34.8 Å². The molecule has 5 rings (SSSR count). The third-order valence-corrected chi connectivity index (χ3v) is 7.91. The van der Waals surface area contributed by atoms with Gasteiger partial charge in [-0.25, -0.2) is 4.99 Å². The van der Waals surface area contributed by atoms with Crippen molar-refractivity contribution >= 4 is 27.7 Å². The first-order chi connectivity index (χ1) is 21.0. The number of ether oxygens (including phenoxy) is 3. The SMILES string of the molecule is COc1ccc(CCNC(=O)[C@]2(Cc3ccc(Br)cc3)N=C(c3ccc(OCCCO)cc3)O[C@@H]2c2ccccc2)cc1. The number of rotatable bonds is 13. The summed E-state index contributed by atoms with van der Waals surface area (Å²) in [7, 11) is 1.64. The molecule has 0 saturated heterocycles. The van der Waals surface area contributed by atoms with Gasteiger partial charge in [0.25, 0.3) is 5.91 Å². The molecule has 2 N–H and O–H groups in total. The number of hydrogen-bond donors (Lipinski definition) is 2. The minimum Gasteiger partial charge on any atom is -0.497 e. The average molecular weight is 644 g/mol. The number of methoxy groups -OCH3 is 1. The highest BCUT2D eigenvalue weighted by Crippen LogP contribution is 2.42. The Balaban J connectivity index is 1.47. The van der Waals surface area contributed by atoms with Crippen molar-refractivity contribution in [1.29, 1.82) is 0 Å². The standard InChI is InChI=1S/C35H35BrN2O5/c1-41-30-16-10-25(11-17-30)20-21-37-34(40)35(24-26-8-14-29(36)15-9-26)32(27-6-3-2-4-7-27)43-33(38-35)28-12-18-31(19-13-28)42-23-5-22-39/h2-4,6-19,32,39H,5,20-24H2,1H3,(H,37,40)/t32-,35-/m1/s1. The predicted octanol–water partition coefficient (Wildman–Crippen LogP) is 6.08. The molecule has 0 aliphatic carbocycles. The van der Waals surface area contributed by atoms with E-state index in [-0.39, 0.29) is 12.5 Å². The van der Waals surface area contributed by atoms with Crippen LogP contribution in [0.25, 0.3) is 0 Å². The van der Waals surface area contributed by atoms with Crippen LogP contribution in [0.3, 0.4) is 0 Å². The maximum atomic E-state index is 14.3. The van der Waals surface area contributed by atoms with Crippen LogP contribution >= 0.6 is 15.9 Å². The highest BCUT2D eigenvalue weighted by Gasteiger charge is 2.53. The number of aliphatic imine (C=N–C) groups is 1. The molecule has 4 aromatic rings. The number of benzene rings is 4. The second-order valence-corrected chi connectivity index (χ2v) is 11.3. The number of carbonyl (C=O) groups excluding carboxylic acids is 1. The van der Waals surface area contributed by atoms with Gasteiger partial charge in [-0.2, -0.15) is 0 Å². The van der Waals surface area contributed by atoms with Gasteiger partial charge in [0.1, 0.15) is 11.5 Å². The molecule has 0 spiro atoms. The second kappa shape index (κ2) is 14.4. The van der Waals surface area contributed by atoms with Crippen molar-refractivity contribution in [3.63, 3.8) is 0 Å². The molecule has 1 amide bonds. The number of amides is 1. The van der Waals surface area contributed by atoms with E-state index in [2.05, 4.69) is 21.2 Å². The lowest BCUT2D eigenvalue weighted by molar-refractivity contribution is -0.128. The highest BCUT2D eigenvalue weighted by molar-refractivity contribution is 9.10. The Bertz CT molecular complexity index is 1510. The number of halogens is 1. The van der Waals surface area contributed by atoms with E-state index in [1.54, 1.807) is 7.11 Å². The zero-order valence-corrected chi connectivity index (χ0v) is 25.6. The fraction of sp³-hybridized carbons (Fsp3) is 0.257. The maximum Gasteiger partial charge on any atom is 0.252 e. The van der Waals surface area contributed by atoms with E-state index >= 15 is 0 Å². The first-order valence-electron chi connectivity index (χ1n) is 14.3. The van der Waals surface area contributed by atoms with Crippen LogP contribution < -0.4 is 14.8 Å². The molecule has 1 aliphatic rings. The molecule has 1 heterocycles. The summed E-state index contributed by atoms with van der Waals surface area (Å²) in [6.45, 7) is 0.947. The van der Waals surface area contributed by atoms with E-state index in [0.29, 0.717) is 44.1 Å². The normalized spacial score (nSPS) is 17.6. The van der Waals surface area contributed by atoms with Gasteiger partial charge < -0.3 is 24.6 Å². The molecule has 4 aromatic carbocycles. The molecule has 0 bridgehead atoms. The van der Waals surface area contributed by atoms with Crippen LogP contribution in [0.2, 0.25) is 0 Å². The van der Waals surface area contributed by atoms with Crippen molar-refractivity contribution in [3.8, 4) is 11.5 Å². The van der Waals surface area contributed by atoms with Gasteiger partial charge in [-0.3, -0.25) is 4.79 Å². The Morgan fingerprint density at radius 2 is 1.60 bits per heavy atom. The monoisotopic (exact) mass is 642 g/mol. The average Bonchev–Trinajstić information content (AvgIpc) is 3.44. The van der Waals surface area contributed by atoms with Crippen LogP contribution in [0.15, 0.2) is 113 Å². The van der Waals surface area contributed by atoms with Crippen molar-refractivity contribution in [1.82, 2.24) is 5.32 Å². The third kappa shape index (κ3) is 7.45. The van der Waals surface area contributed by atoms with Crippen LogP contribution in [-0.4, -0.2) is 49.3 Å². The topological polar surface area (TPSA) is 89.4 Å². The summed E-state index contributed by atoms with van der Waals surface area (Å²) >= 11 is 3.52. The summed E-state index contributed by atoms with van der Waals surface area (Å²) in [6, 6.07) is 33.0. The summed E-state index contributed by atoms with van der Waals surface area (Å²) in [5.41, 5.74) is 2.43. The Morgan fingerprint density at radius 3 is 2.28 bits per heavy atom. The van der Waals surface area contributed by atoms with Gasteiger partial charge in [0.2, 0.25) is 5.90 Å². The van der Waals surface area contributed by atoms with Crippen molar-refractivity contribution in [2.45, 2.75) is 30.9 Å². The fourth-order valence-electron chi connectivity index (χ4n) is 5.09. The molecule has 1 aliphatic heterocycles. The van der Waals surface area contributed by atoms with Gasteiger partial charge in [0, 0.05) is 36.0 Å². The molecule has 0 saturated carbocycles. The zero-order valence-electron chi connectivity index (χ0n) is 24.0. The molecule has 0 aromatic heterocycles. The lowest BCUT2D eigenvalue weighted by Gasteiger charge is -2.31. The Kier molecular flexibility index (Phi) is 10.1. The molecule has 8 heteroatoms. The van der Waals surface area contributed by atoms with E-state index in [1.807, 2.05) is 103 Å². The molecule has 0 unspecified atom stereocenters. The number of nitrogens with one attached hydrogen (secondary N) is 1. The quantitative estimate of drug-likeness (QED) is 0.173. The fourth-order valence-corrected chi connectivity index (χ4v) is 5.35. The number of aliphatic hydroxyl groups excluding tert-OH is 1. The van der Waals surface area contributed by atoms with E-state index in [1.165, 1.54) is 0 Å². The first kappa shape index (κ1) is 30.3. The maximum absolute atomic E-state index is 14.3. The molecule has 7 nitrogen and oxygen atoms in total. The molecular weight excluding hydrogens is 608 g/mol. The van der Waals surface area contributed by atoms with Crippen LogP contribution in [-0.2, 0) is 22.4 Å². The Labute approximate surface area is 260 Å². The molecular formula is C35H35BrN2O5. The Hall–Kier alpha value is -4.14. The van der Waals surface area contributed by atoms with Gasteiger partial charge in [-0.1, -0.05) is 70.5 Å². The minimum atomic E-state index is -1.25. The molecule has 0 radical (unpaired) electrons. The summed E-state index contributed by atoms with van der Waals surface area (Å²) in [6.07, 6.45) is 0.923. The van der Waals surface area contributed by atoms with Crippen molar-refractivity contribution in [2.24, 2.45) is 4.99 Å². The van der Waals surface area contributed by atoms with Crippen LogP contribution in [0.5, 0.6) is 11.5 Å².